The number of rotatable bonds is 7. The Labute approximate surface area is 156 Å². The molecule has 3 rings (SSSR count). The summed E-state index contributed by atoms with van der Waals surface area (Å²) in [4.78, 5) is 23.8. The first-order chi connectivity index (χ1) is 13.1. The zero-order chi connectivity index (χ0) is 19.1. The summed E-state index contributed by atoms with van der Waals surface area (Å²) in [5, 5.41) is 10.4. The van der Waals surface area contributed by atoms with Crippen molar-refractivity contribution in [1.82, 2.24) is 15.5 Å². The van der Waals surface area contributed by atoms with E-state index < -0.39 is 12.1 Å². The molecule has 0 saturated heterocycles. The Balaban J connectivity index is 1.48. The van der Waals surface area contributed by atoms with Gasteiger partial charge in [0.15, 0.2) is 6.10 Å². The Kier molecular flexibility index (Phi) is 5.94. The van der Waals surface area contributed by atoms with Crippen molar-refractivity contribution >= 4 is 11.9 Å². The molecule has 0 fully saturated rings. The van der Waals surface area contributed by atoms with E-state index in [1.807, 2.05) is 60.7 Å². The minimum absolute atomic E-state index is 0.192. The number of hydrogen-bond donors (Lipinski definition) is 1. The van der Waals surface area contributed by atoms with E-state index in [0.29, 0.717) is 5.89 Å². The number of carbonyl (C=O) groups excluding carboxylic acids is 2. The van der Waals surface area contributed by atoms with Crippen LogP contribution in [0.1, 0.15) is 24.5 Å². The molecule has 1 amide bonds. The molecule has 138 valence electrons. The Morgan fingerprint density at radius 1 is 1.04 bits per heavy atom. The molecule has 27 heavy (non-hydrogen) atoms. The third-order valence-electron chi connectivity index (χ3n) is 3.75. The molecule has 0 spiro atoms. The van der Waals surface area contributed by atoms with Gasteiger partial charge in [-0.1, -0.05) is 48.5 Å². The van der Waals surface area contributed by atoms with Crippen molar-refractivity contribution in [1.29, 1.82) is 0 Å². The molecule has 0 bridgehead atoms. The number of aromatic nitrogens is 2. The summed E-state index contributed by atoms with van der Waals surface area (Å²) in [5.41, 5.74) is 1.65. The molecule has 7 nitrogen and oxygen atoms in total. The van der Waals surface area contributed by atoms with E-state index in [2.05, 4.69) is 15.5 Å². The minimum Gasteiger partial charge on any atom is -0.451 e. The van der Waals surface area contributed by atoms with Gasteiger partial charge in [-0.25, -0.2) is 0 Å². The summed E-state index contributed by atoms with van der Waals surface area (Å²) in [6.45, 7) is 1.40. The summed E-state index contributed by atoms with van der Waals surface area (Å²) in [5.74, 6) is -0.291. The van der Waals surface area contributed by atoms with Crippen molar-refractivity contribution in [2.75, 3.05) is 6.54 Å². The van der Waals surface area contributed by atoms with Gasteiger partial charge in [-0.3, -0.25) is 9.59 Å². The Morgan fingerprint density at radius 2 is 1.70 bits per heavy atom. The zero-order valence-corrected chi connectivity index (χ0v) is 14.8. The fourth-order valence-electron chi connectivity index (χ4n) is 2.40. The van der Waals surface area contributed by atoms with Crippen LogP contribution < -0.4 is 5.32 Å². The van der Waals surface area contributed by atoms with Gasteiger partial charge in [-0.2, -0.15) is 0 Å². The molecule has 0 aliphatic carbocycles. The molecule has 0 radical (unpaired) electrons. The van der Waals surface area contributed by atoms with Gasteiger partial charge in [0, 0.05) is 5.56 Å². The predicted molar refractivity (Wildman–Crippen MR) is 97.4 cm³/mol. The van der Waals surface area contributed by atoms with Crippen LogP contribution in [0.4, 0.5) is 0 Å². The lowest BCUT2D eigenvalue weighted by Crippen LogP contribution is -2.32. The number of nitrogens with zero attached hydrogens (tertiary/aromatic N) is 2. The summed E-state index contributed by atoms with van der Waals surface area (Å²) in [7, 11) is 0. The lowest BCUT2D eigenvalue weighted by molar-refractivity contribution is -0.149. The van der Waals surface area contributed by atoms with Crippen LogP contribution in [0.2, 0.25) is 0 Å². The summed E-state index contributed by atoms with van der Waals surface area (Å²) < 4.78 is 10.8. The normalized spacial score (nSPS) is 11.6. The van der Waals surface area contributed by atoms with Crippen LogP contribution in [0, 0.1) is 0 Å². The van der Waals surface area contributed by atoms with Crippen LogP contribution in [0.5, 0.6) is 0 Å². The van der Waals surface area contributed by atoms with E-state index in [1.165, 1.54) is 0 Å². The Bertz CT molecular complexity index is 894. The Morgan fingerprint density at radius 3 is 2.41 bits per heavy atom. The summed E-state index contributed by atoms with van der Waals surface area (Å²) in [6, 6.07) is 18.6. The maximum Gasteiger partial charge on any atom is 0.326 e. The molecule has 0 aliphatic heterocycles. The van der Waals surface area contributed by atoms with Gasteiger partial charge in [0.1, 0.15) is 6.54 Å². The highest BCUT2D eigenvalue weighted by Crippen LogP contribution is 2.21. The maximum atomic E-state index is 11.9. The van der Waals surface area contributed by atoms with Gasteiger partial charge in [-0.05, 0) is 24.6 Å². The largest absolute Gasteiger partial charge is 0.451 e. The number of ether oxygens (including phenoxy) is 1. The number of esters is 1. The topological polar surface area (TPSA) is 94.3 Å². The SMILES string of the molecule is CC(OC(=O)CNC(=O)Cc1ccccc1)c1nnc(-c2ccccc2)o1. The van der Waals surface area contributed by atoms with Gasteiger partial charge >= 0.3 is 5.97 Å². The first-order valence-electron chi connectivity index (χ1n) is 8.51. The molecule has 7 heteroatoms. The number of benzene rings is 2. The number of amides is 1. The highest BCUT2D eigenvalue weighted by molar-refractivity contribution is 5.83. The van der Waals surface area contributed by atoms with E-state index in [-0.39, 0.29) is 24.8 Å². The monoisotopic (exact) mass is 365 g/mol. The van der Waals surface area contributed by atoms with Crippen molar-refractivity contribution < 1.29 is 18.7 Å². The molecule has 0 aliphatic rings. The number of nitrogens with one attached hydrogen (secondary N) is 1. The molecule has 1 heterocycles. The fraction of sp³-hybridized carbons (Fsp3) is 0.200. The van der Waals surface area contributed by atoms with Crippen LogP contribution in [0.3, 0.4) is 0 Å². The third kappa shape index (κ3) is 5.24. The summed E-state index contributed by atoms with van der Waals surface area (Å²) >= 11 is 0. The second-order valence-electron chi connectivity index (χ2n) is 5.88. The van der Waals surface area contributed by atoms with Gasteiger partial charge in [-0.15, -0.1) is 10.2 Å². The quantitative estimate of drug-likeness (QED) is 0.647. The molecule has 1 atom stereocenters. The first-order valence-corrected chi connectivity index (χ1v) is 8.51. The van der Waals surface area contributed by atoms with E-state index in [9.17, 15) is 9.59 Å². The average molecular weight is 365 g/mol. The summed E-state index contributed by atoms with van der Waals surface area (Å²) in [6.07, 6.45) is -0.512. The van der Waals surface area contributed by atoms with Gasteiger partial charge < -0.3 is 14.5 Å². The number of carbonyl (C=O) groups is 2. The van der Waals surface area contributed by atoms with Crippen LogP contribution in [-0.2, 0) is 20.7 Å². The number of hydrogen-bond acceptors (Lipinski definition) is 6. The Hall–Kier alpha value is -3.48. The van der Waals surface area contributed by atoms with Crippen molar-refractivity contribution in [2.24, 2.45) is 0 Å². The minimum atomic E-state index is -0.714. The zero-order valence-electron chi connectivity index (χ0n) is 14.8. The van der Waals surface area contributed by atoms with Crippen LogP contribution in [0.15, 0.2) is 65.1 Å². The maximum absolute atomic E-state index is 11.9. The predicted octanol–water partition coefficient (Wildman–Crippen LogP) is 2.70. The molecule has 2 aromatic carbocycles. The van der Waals surface area contributed by atoms with Crippen molar-refractivity contribution in [2.45, 2.75) is 19.4 Å². The van der Waals surface area contributed by atoms with Crippen molar-refractivity contribution in [3.8, 4) is 11.5 Å². The van der Waals surface area contributed by atoms with Crippen molar-refractivity contribution in [3.63, 3.8) is 0 Å². The molecular formula is C20H19N3O4. The van der Waals surface area contributed by atoms with Crippen molar-refractivity contribution in [3.05, 3.63) is 72.1 Å². The lowest BCUT2D eigenvalue weighted by Gasteiger charge is -2.10. The van der Waals surface area contributed by atoms with Gasteiger partial charge in [0.2, 0.25) is 11.8 Å². The van der Waals surface area contributed by atoms with Crippen LogP contribution in [-0.4, -0.2) is 28.6 Å². The first kappa shape index (κ1) is 18.3. The van der Waals surface area contributed by atoms with E-state index >= 15 is 0 Å². The van der Waals surface area contributed by atoms with Gasteiger partial charge in [0.25, 0.3) is 5.89 Å². The molecule has 1 aromatic heterocycles. The van der Waals surface area contributed by atoms with Crippen LogP contribution in [0.25, 0.3) is 11.5 Å². The van der Waals surface area contributed by atoms with Crippen LogP contribution >= 0.6 is 0 Å². The molecule has 1 N–H and O–H groups in total. The van der Waals surface area contributed by atoms with E-state index in [1.54, 1.807) is 6.92 Å². The second-order valence-corrected chi connectivity index (χ2v) is 5.88. The third-order valence-corrected chi connectivity index (χ3v) is 3.75. The van der Waals surface area contributed by atoms with Gasteiger partial charge in [0.05, 0.1) is 6.42 Å². The second kappa shape index (κ2) is 8.75. The molecule has 0 saturated carbocycles. The smallest absolute Gasteiger partial charge is 0.326 e. The lowest BCUT2D eigenvalue weighted by atomic mass is 10.1. The molecular weight excluding hydrogens is 346 g/mol. The van der Waals surface area contributed by atoms with E-state index in [4.69, 9.17) is 9.15 Å². The molecule has 3 aromatic rings. The highest BCUT2D eigenvalue weighted by atomic mass is 16.6. The standard InChI is InChI=1S/C20H19N3O4/c1-14(19-22-23-20(27-19)16-10-6-3-7-11-16)26-18(25)13-21-17(24)12-15-8-4-2-5-9-15/h2-11,14H,12-13H2,1H3,(H,21,24). The average Bonchev–Trinajstić information content (AvgIpc) is 3.18. The molecule has 1 unspecified atom stereocenters. The highest BCUT2D eigenvalue weighted by Gasteiger charge is 2.19. The van der Waals surface area contributed by atoms with E-state index in [0.717, 1.165) is 11.1 Å². The fourth-order valence-corrected chi connectivity index (χ4v) is 2.40.